The van der Waals surface area contributed by atoms with E-state index in [0.717, 1.165) is 25.1 Å². The Morgan fingerprint density at radius 1 is 1.46 bits per heavy atom. The largest absolute Gasteiger partial charge is 0.385 e. The van der Waals surface area contributed by atoms with Crippen LogP contribution in [0.3, 0.4) is 0 Å². The Morgan fingerprint density at radius 2 is 2.23 bits per heavy atom. The molecule has 78 valence electrons. The van der Waals surface area contributed by atoms with E-state index in [-0.39, 0.29) is 0 Å². The van der Waals surface area contributed by atoms with Crippen molar-refractivity contribution in [1.29, 1.82) is 0 Å². The maximum absolute atomic E-state index is 5.06. The standard InChI is InChI=1S/C11H23NO/c1-3-12-11(5-4-8-13-2)9-10-6-7-10/h10-12H,3-9H2,1-2H3. The lowest BCUT2D eigenvalue weighted by Crippen LogP contribution is -2.29. The molecular formula is C11H23NO. The molecule has 1 unspecified atom stereocenters. The van der Waals surface area contributed by atoms with Gasteiger partial charge in [-0.25, -0.2) is 0 Å². The first-order valence-corrected chi connectivity index (χ1v) is 5.59. The summed E-state index contributed by atoms with van der Waals surface area (Å²) in [5.41, 5.74) is 0. The molecule has 0 aromatic heterocycles. The van der Waals surface area contributed by atoms with Crippen molar-refractivity contribution in [3.05, 3.63) is 0 Å². The number of methoxy groups -OCH3 is 1. The van der Waals surface area contributed by atoms with Gasteiger partial charge in [0.15, 0.2) is 0 Å². The predicted octanol–water partition coefficient (Wildman–Crippen LogP) is 2.19. The van der Waals surface area contributed by atoms with Crippen LogP contribution in [0.2, 0.25) is 0 Å². The van der Waals surface area contributed by atoms with E-state index in [0.29, 0.717) is 0 Å². The maximum Gasteiger partial charge on any atom is 0.0462 e. The topological polar surface area (TPSA) is 21.3 Å². The Labute approximate surface area is 82.0 Å². The second-order valence-corrected chi connectivity index (χ2v) is 4.07. The summed E-state index contributed by atoms with van der Waals surface area (Å²) in [7, 11) is 1.78. The lowest BCUT2D eigenvalue weighted by Gasteiger charge is -2.17. The minimum absolute atomic E-state index is 0.743. The van der Waals surface area contributed by atoms with Crippen LogP contribution in [-0.4, -0.2) is 26.3 Å². The van der Waals surface area contributed by atoms with E-state index >= 15 is 0 Å². The van der Waals surface area contributed by atoms with Crippen molar-refractivity contribution < 1.29 is 4.74 Å². The summed E-state index contributed by atoms with van der Waals surface area (Å²) in [4.78, 5) is 0. The molecule has 0 amide bonds. The number of nitrogens with one attached hydrogen (secondary N) is 1. The molecule has 0 saturated heterocycles. The third-order valence-corrected chi connectivity index (χ3v) is 2.71. The van der Waals surface area contributed by atoms with Crippen LogP contribution in [0.4, 0.5) is 0 Å². The minimum Gasteiger partial charge on any atom is -0.385 e. The van der Waals surface area contributed by atoms with Gasteiger partial charge in [-0.15, -0.1) is 0 Å². The van der Waals surface area contributed by atoms with E-state index in [1.54, 1.807) is 7.11 Å². The van der Waals surface area contributed by atoms with E-state index in [4.69, 9.17) is 4.74 Å². The van der Waals surface area contributed by atoms with E-state index in [2.05, 4.69) is 12.2 Å². The smallest absolute Gasteiger partial charge is 0.0462 e. The molecule has 0 aliphatic heterocycles. The molecule has 0 aromatic rings. The Morgan fingerprint density at radius 3 is 2.77 bits per heavy atom. The van der Waals surface area contributed by atoms with Gasteiger partial charge in [0, 0.05) is 19.8 Å². The number of hydrogen-bond donors (Lipinski definition) is 1. The van der Waals surface area contributed by atoms with Crippen LogP contribution in [0.25, 0.3) is 0 Å². The van der Waals surface area contributed by atoms with Gasteiger partial charge < -0.3 is 10.1 Å². The van der Waals surface area contributed by atoms with Crippen molar-refractivity contribution in [1.82, 2.24) is 5.32 Å². The second-order valence-electron chi connectivity index (χ2n) is 4.07. The predicted molar refractivity (Wildman–Crippen MR) is 55.9 cm³/mol. The summed E-state index contributed by atoms with van der Waals surface area (Å²) in [6.07, 6.45) is 6.79. The van der Waals surface area contributed by atoms with E-state index in [1.165, 1.54) is 32.1 Å². The van der Waals surface area contributed by atoms with Crippen molar-refractivity contribution >= 4 is 0 Å². The highest BCUT2D eigenvalue weighted by Crippen LogP contribution is 2.34. The number of rotatable bonds is 8. The van der Waals surface area contributed by atoms with Gasteiger partial charge in [-0.05, 0) is 31.7 Å². The molecule has 1 fully saturated rings. The molecule has 2 heteroatoms. The lowest BCUT2D eigenvalue weighted by molar-refractivity contribution is 0.187. The summed E-state index contributed by atoms with van der Waals surface area (Å²) in [6.45, 7) is 4.20. The van der Waals surface area contributed by atoms with Crippen molar-refractivity contribution in [3.63, 3.8) is 0 Å². The summed E-state index contributed by atoms with van der Waals surface area (Å²) in [6, 6.07) is 0.743. The molecule has 2 nitrogen and oxygen atoms in total. The Balaban J connectivity index is 2.04. The highest BCUT2D eigenvalue weighted by atomic mass is 16.5. The Kier molecular flexibility index (Phi) is 5.40. The quantitative estimate of drug-likeness (QED) is 0.585. The molecule has 0 bridgehead atoms. The monoisotopic (exact) mass is 185 g/mol. The van der Waals surface area contributed by atoms with Crippen LogP contribution >= 0.6 is 0 Å². The summed E-state index contributed by atoms with van der Waals surface area (Å²) in [5.74, 6) is 1.03. The zero-order valence-corrected chi connectivity index (χ0v) is 9.01. The van der Waals surface area contributed by atoms with Crippen LogP contribution in [0.5, 0.6) is 0 Å². The molecule has 0 heterocycles. The van der Waals surface area contributed by atoms with Crippen molar-refractivity contribution in [2.45, 2.75) is 45.1 Å². The molecule has 1 N–H and O–H groups in total. The van der Waals surface area contributed by atoms with E-state index in [9.17, 15) is 0 Å². The van der Waals surface area contributed by atoms with Crippen molar-refractivity contribution in [2.75, 3.05) is 20.3 Å². The molecule has 1 aliphatic carbocycles. The van der Waals surface area contributed by atoms with Crippen LogP contribution in [0, 0.1) is 5.92 Å². The molecule has 0 aromatic carbocycles. The second kappa shape index (κ2) is 6.39. The molecule has 13 heavy (non-hydrogen) atoms. The first-order valence-electron chi connectivity index (χ1n) is 5.59. The summed E-state index contributed by atoms with van der Waals surface area (Å²) < 4.78 is 5.06. The number of hydrogen-bond acceptors (Lipinski definition) is 2. The fraction of sp³-hybridized carbons (Fsp3) is 1.00. The molecule has 0 spiro atoms. The fourth-order valence-corrected chi connectivity index (χ4v) is 1.82. The summed E-state index contributed by atoms with van der Waals surface area (Å²) in [5, 5.41) is 3.56. The van der Waals surface area contributed by atoms with Crippen LogP contribution in [0.1, 0.15) is 39.0 Å². The van der Waals surface area contributed by atoms with Gasteiger partial charge in [-0.3, -0.25) is 0 Å². The van der Waals surface area contributed by atoms with Gasteiger partial charge in [-0.1, -0.05) is 19.8 Å². The van der Waals surface area contributed by atoms with Gasteiger partial charge in [0.25, 0.3) is 0 Å². The third kappa shape index (κ3) is 5.27. The molecule has 0 radical (unpaired) electrons. The highest BCUT2D eigenvalue weighted by molar-refractivity contribution is 4.79. The van der Waals surface area contributed by atoms with Crippen molar-refractivity contribution in [3.8, 4) is 0 Å². The van der Waals surface area contributed by atoms with Gasteiger partial charge >= 0.3 is 0 Å². The normalized spacial score (nSPS) is 18.9. The van der Waals surface area contributed by atoms with Gasteiger partial charge in [-0.2, -0.15) is 0 Å². The third-order valence-electron chi connectivity index (χ3n) is 2.71. The Hall–Kier alpha value is -0.0800. The van der Waals surface area contributed by atoms with Gasteiger partial charge in [0.1, 0.15) is 0 Å². The number of ether oxygens (including phenoxy) is 1. The maximum atomic E-state index is 5.06. The van der Waals surface area contributed by atoms with Crippen molar-refractivity contribution in [2.24, 2.45) is 5.92 Å². The minimum atomic E-state index is 0.743. The van der Waals surface area contributed by atoms with Crippen LogP contribution in [-0.2, 0) is 4.74 Å². The average Bonchev–Trinajstić information content (AvgIpc) is 2.89. The molecule has 1 rings (SSSR count). The first-order chi connectivity index (χ1) is 6.36. The summed E-state index contributed by atoms with van der Waals surface area (Å²) >= 11 is 0. The molecule has 1 saturated carbocycles. The van der Waals surface area contributed by atoms with Crippen LogP contribution < -0.4 is 5.32 Å². The Bertz CT molecular complexity index is 123. The van der Waals surface area contributed by atoms with Gasteiger partial charge in [0.2, 0.25) is 0 Å². The molecule has 1 atom stereocenters. The zero-order valence-electron chi connectivity index (χ0n) is 9.01. The zero-order chi connectivity index (χ0) is 9.52. The van der Waals surface area contributed by atoms with Crippen LogP contribution in [0.15, 0.2) is 0 Å². The van der Waals surface area contributed by atoms with E-state index in [1.807, 2.05) is 0 Å². The first kappa shape index (κ1) is 11.0. The molecular weight excluding hydrogens is 162 g/mol. The SMILES string of the molecule is CCNC(CCCOC)CC1CC1. The fourth-order valence-electron chi connectivity index (χ4n) is 1.82. The lowest BCUT2D eigenvalue weighted by atomic mass is 10.1. The van der Waals surface area contributed by atoms with E-state index < -0.39 is 0 Å². The molecule has 1 aliphatic rings. The average molecular weight is 185 g/mol. The highest BCUT2D eigenvalue weighted by Gasteiger charge is 2.24. The van der Waals surface area contributed by atoms with Gasteiger partial charge in [0.05, 0.1) is 0 Å².